The molecule has 1 N–H and O–H groups in total. The second-order valence-corrected chi connectivity index (χ2v) is 11.8. The van der Waals surface area contributed by atoms with Crippen molar-refractivity contribution in [2.75, 3.05) is 42.9 Å². The van der Waals surface area contributed by atoms with Gasteiger partial charge in [0.05, 0.1) is 11.6 Å². The van der Waals surface area contributed by atoms with Crippen molar-refractivity contribution in [3.05, 3.63) is 72.5 Å². The number of allylic oxidation sites excluding steroid dienone is 1. The summed E-state index contributed by atoms with van der Waals surface area (Å²) >= 11 is 0. The number of unbranched alkanes of at least 4 members (excludes halogenated alkanes) is 1. The molecule has 4 rings (SSSR count). The number of anilines is 2. The number of amides is 2. The van der Waals surface area contributed by atoms with Crippen LogP contribution in [0.25, 0.3) is 0 Å². The van der Waals surface area contributed by atoms with Gasteiger partial charge in [-0.2, -0.15) is 4.98 Å². The van der Waals surface area contributed by atoms with Crippen molar-refractivity contribution in [1.82, 2.24) is 19.8 Å². The largest absolute Gasteiger partial charge is 0.444 e. The van der Waals surface area contributed by atoms with Crippen molar-refractivity contribution < 1.29 is 19.1 Å². The average Bonchev–Trinajstić information content (AvgIpc) is 2.96. The quantitative estimate of drug-likeness (QED) is 0.248. The first-order valence-electron chi connectivity index (χ1n) is 14.7. The van der Waals surface area contributed by atoms with Crippen LogP contribution in [0.2, 0.25) is 0 Å². The molecule has 226 valence electrons. The Hall–Kier alpha value is -3.92. The molecule has 10 heteroatoms. The van der Waals surface area contributed by atoms with Crippen molar-refractivity contribution in [3.63, 3.8) is 0 Å². The van der Waals surface area contributed by atoms with E-state index in [0.29, 0.717) is 31.4 Å². The van der Waals surface area contributed by atoms with Gasteiger partial charge in [-0.1, -0.05) is 36.4 Å². The van der Waals surface area contributed by atoms with Crippen LogP contribution in [0.1, 0.15) is 75.7 Å². The van der Waals surface area contributed by atoms with E-state index in [1.807, 2.05) is 26.8 Å². The number of nitrogens with one attached hydrogen (secondary N) is 1. The van der Waals surface area contributed by atoms with E-state index in [2.05, 4.69) is 64.5 Å². The lowest BCUT2D eigenvalue weighted by Crippen LogP contribution is -2.50. The first-order chi connectivity index (χ1) is 20.1. The van der Waals surface area contributed by atoms with Crippen LogP contribution in [0.3, 0.4) is 0 Å². The van der Waals surface area contributed by atoms with E-state index in [9.17, 15) is 9.59 Å². The molecule has 0 aliphatic carbocycles. The highest BCUT2D eigenvalue weighted by Gasteiger charge is 2.30. The van der Waals surface area contributed by atoms with Gasteiger partial charge in [-0.25, -0.2) is 14.6 Å². The van der Waals surface area contributed by atoms with Crippen LogP contribution in [0, 0.1) is 0 Å². The van der Waals surface area contributed by atoms with Crippen molar-refractivity contribution in [1.29, 1.82) is 0 Å². The fourth-order valence-corrected chi connectivity index (χ4v) is 5.24. The lowest BCUT2D eigenvalue weighted by atomic mass is 9.96. The molecule has 3 heterocycles. The van der Waals surface area contributed by atoms with E-state index in [1.54, 1.807) is 17.2 Å². The maximum Gasteiger partial charge on any atom is 0.416 e. The highest BCUT2D eigenvalue weighted by atomic mass is 16.6. The van der Waals surface area contributed by atoms with Gasteiger partial charge >= 0.3 is 12.2 Å². The van der Waals surface area contributed by atoms with E-state index in [-0.39, 0.29) is 24.8 Å². The first-order valence-corrected chi connectivity index (χ1v) is 14.7. The van der Waals surface area contributed by atoms with Crippen LogP contribution in [0.15, 0.2) is 55.8 Å². The predicted octanol–water partition coefficient (Wildman–Crippen LogP) is 6.24. The van der Waals surface area contributed by atoms with Gasteiger partial charge in [0.25, 0.3) is 0 Å². The molecule has 1 aromatic carbocycles. The number of nitrogens with zero attached hydrogens (tertiary/aromatic N) is 5. The molecule has 1 saturated heterocycles. The van der Waals surface area contributed by atoms with Crippen LogP contribution in [0.5, 0.6) is 0 Å². The molecule has 2 aliphatic rings. The Bertz CT molecular complexity index is 1250. The molecule has 2 amide bonds. The summed E-state index contributed by atoms with van der Waals surface area (Å²) in [6.07, 6.45) is 7.65. The number of aromatic nitrogens is 2. The molecule has 1 fully saturated rings. The Morgan fingerprint density at radius 3 is 2.45 bits per heavy atom. The monoisotopic (exact) mass is 576 g/mol. The Kier molecular flexibility index (Phi) is 10.2. The van der Waals surface area contributed by atoms with Gasteiger partial charge in [-0.15, -0.1) is 13.2 Å². The molecule has 1 unspecified atom stereocenters. The highest BCUT2D eigenvalue weighted by molar-refractivity contribution is 5.89. The molecule has 2 aliphatic heterocycles. The van der Waals surface area contributed by atoms with Crippen molar-refractivity contribution in [2.24, 2.45) is 0 Å². The molecule has 10 nitrogen and oxygen atoms in total. The number of carbonyl (C=O) groups excluding carboxylic acids is 2. The smallest absolute Gasteiger partial charge is 0.416 e. The Balaban J connectivity index is 1.43. The third-order valence-corrected chi connectivity index (χ3v) is 7.44. The van der Waals surface area contributed by atoms with E-state index >= 15 is 0 Å². The van der Waals surface area contributed by atoms with Crippen LogP contribution in [-0.2, 0) is 16.1 Å². The van der Waals surface area contributed by atoms with Crippen LogP contribution in [-0.4, -0.2) is 70.3 Å². The summed E-state index contributed by atoms with van der Waals surface area (Å²) in [7, 11) is 0. The van der Waals surface area contributed by atoms with E-state index < -0.39 is 11.7 Å². The standard InChI is InChI=1S/C32H44N6O4/c1-7-9-10-11-27(36-17-19-37(20-18-36)30(39)42-32(4,5)6)25-14-12-24(13-15-25)23(3)34-29-33-21-26-22-41-31(40)38(16-8-2)28(26)35-29/h7-8,12-15,21,23,27H,1-2,9-11,16-20,22H2,3-6H3,(H,33,34,35)/t23-,27?/m0/s1. The zero-order valence-electron chi connectivity index (χ0n) is 25.3. The normalized spacial score (nSPS) is 17.1. The molecule has 1 aromatic heterocycles. The number of carbonyl (C=O) groups is 2. The molecular formula is C32H44N6O4. The topological polar surface area (TPSA) is 100 Å². The summed E-state index contributed by atoms with van der Waals surface area (Å²) in [5.41, 5.74) is 2.61. The summed E-state index contributed by atoms with van der Waals surface area (Å²) in [6.45, 7) is 18.7. The molecular weight excluding hydrogens is 532 g/mol. The van der Waals surface area contributed by atoms with Gasteiger partial charge in [0.2, 0.25) is 5.95 Å². The Labute approximate surface area is 249 Å². The number of rotatable bonds is 11. The van der Waals surface area contributed by atoms with Gasteiger partial charge < -0.3 is 19.7 Å². The van der Waals surface area contributed by atoms with Crippen molar-refractivity contribution in [2.45, 2.75) is 71.2 Å². The summed E-state index contributed by atoms with van der Waals surface area (Å²) < 4.78 is 10.8. The first kappa shape index (κ1) is 31.0. The molecule has 0 spiro atoms. The van der Waals surface area contributed by atoms with Crippen molar-refractivity contribution >= 4 is 24.0 Å². The second-order valence-electron chi connectivity index (χ2n) is 11.8. The molecule has 0 bridgehead atoms. The lowest BCUT2D eigenvalue weighted by molar-refractivity contribution is 0.00963. The zero-order chi connectivity index (χ0) is 30.3. The third kappa shape index (κ3) is 7.88. The number of hydrogen-bond donors (Lipinski definition) is 1. The summed E-state index contributed by atoms with van der Waals surface area (Å²) in [5.74, 6) is 0.986. The van der Waals surface area contributed by atoms with Crippen LogP contribution in [0.4, 0.5) is 21.4 Å². The van der Waals surface area contributed by atoms with E-state index in [0.717, 1.165) is 43.5 Å². The fourth-order valence-electron chi connectivity index (χ4n) is 5.24. The number of fused-ring (bicyclic) bond motifs is 1. The van der Waals surface area contributed by atoms with E-state index in [4.69, 9.17) is 9.47 Å². The van der Waals surface area contributed by atoms with Crippen molar-refractivity contribution in [3.8, 4) is 0 Å². The average molecular weight is 577 g/mol. The number of piperazine rings is 1. The summed E-state index contributed by atoms with van der Waals surface area (Å²) in [4.78, 5) is 39.6. The van der Waals surface area contributed by atoms with Crippen LogP contribution < -0.4 is 10.2 Å². The maximum atomic E-state index is 12.6. The van der Waals surface area contributed by atoms with Gasteiger partial charge in [-0.3, -0.25) is 9.80 Å². The number of benzene rings is 1. The third-order valence-electron chi connectivity index (χ3n) is 7.44. The summed E-state index contributed by atoms with van der Waals surface area (Å²) in [6, 6.07) is 8.87. The SMILES string of the molecule is C=CCCCC(c1ccc([C@H](C)Nc2ncc3c(n2)N(CC=C)C(=O)OC3)cc1)N1CCN(C(=O)OC(C)(C)C)CC1. The molecule has 0 radical (unpaired) electrons. The second kappa shape index (κ2) is 13.8. The molecule has 2 atom stereocenters. The van der Waals surface area contributed by atoms with Gasteiger partial charge in [-0.05, 0) is 58.1 Å². The van der Waals surface area contributed by atoms with E-state index in [1.165, 1.54) is 10.5 Å². The molecule has 2 aromatic rings. The maximum absolute atomic E-state index is 12.6. The van der Waals surface area contributed by atoms with Gasteiger partial charge in [0.1, 0.15) is 12.2 Å². The minimum Gasteiger partial charge on any atom is -0.444 e. The Morgan fingerprint density at radius 2 is 1.81 bits per heavy atom. The number of ether oxygens (including phenoxy) is 2. The summed E-state index contributed by atoms with van der Waals surface area (Å²) in [5, 5.41) is 3.37. The minimum atomic E-state index is -0.499. The molecule has 0 saturated carbocycles. The minimum absolute atomic E-state index is 0.0583. The fraction of sp³-hybridized carbons (Fsp3) is 0.500. The predicted molar refractivity (Wildman–Crippen MR) is 164 cm³/mol. The van der Waals surface area contributed by atoms with Gasteiger partial charge in [0.15, 0.2) is 5.82 Å². The van der Waals surface area contributed by atoms with Crippen LogP contribution >= 0.6 is 0 Å². The molecule has 42 heavy (non-hydrogen) atoms. The lowest BCUT2D eigenvalue weighted by Gasteiger charge is -2.40. The zero-order valence-corrected chi connectivity index (χ0v) is 25.3. The Morgan fingerprint density at radius 1 is 1.12 bits per heavy atom. The highest BCUT2D eigenvalue weighted by Crippen LogP contribution is 2.30. The van der Waals surface area contributed by atoms with Gasteiger partial charge in [0, 0.05) is 45.0 Å². The number of cyclic esters (lactones) is 1. The number of hydrogen-bond acceptors (Lipinski definition) is 8.